The van der Waals surface area contributed by atoms with Crippen molar-refractivity contribution in [3.8, 4) is 5.88 Å². The highest BCUT2D eigenvalue weighted by Gasteiger charge is 2.29. The first kappa shape index (κ1) is 23.2. The molecule has 2 heterocycles. The molecule has 0 unspecified atom stereocenters. The number of nitrogens with zero attached hydrogens (tertiary/aromatic N) is 3. The average Bonchev–Trinajstić information content (AvgIpc) is 2.73. The number of alkyl halides is 3. The van der Waals surface area contributed by atoms with Crippen LogP contribution in [0, 0.1) is 0 Å². The topological polar surface area (TPSA) is 123 Å². The third-order valence-corrected chi connectivity index (χ3v) is 5.27. The van der Waals surface area contributed by atoms with Crippen LogP contribution in [-0.2, 0) is 10.0 Å². The molecule has 3 rings (SSSR count). The van der Waals surface area contributed by atoms with E-state index in [1.807, 2.05) is 0 Å². The van der Waals surface area contributed by atoms with Crippen LogP contribution in [0.15, 0.2) is 59.9 Å². The van der Waals surface area contributed by atoms with E-state index >= 15 is 0 Å². The Morgan fingerprint density at radius 2 is 1.75 bits per heavy atom. The summed E-state index contributed by atoms with van der Waals surface area (Å²) in [6.07, 6.45) is -0.820. The summed E-state index contributed by atoms with van der Waals surface area (Å²) in [5, 5.41) is 2.21. The second-order valence-corrected chi connectivity index (χ2v) is 8.16. The van der Waals surface area contributed by atoms with Gasteiger partial charge in [0.25, 0.3) is 15.9 Å². The van der Waals surface area contributed by atoms with Gasteiger partial charge < -0.3 is 10.1 Å². The van der Waals surface area contributed by atoms with Gasteiger partial charge in [-0.15, -0.1) is 0 Å². The number of hydrogen-bond donors (Lipinski definition) is 2. The summed E-state index contributed by atoms with van der Waals surface area (Å²) < 4.78 is 68.1. The molecule has 2 aromatic heterocycles. The molecule has 1 amide bonds. The molecule has 0 aliphatic carbocycles. The van der Waals surface area contributed by atoms with Crippen LogP contribution in [0.2, 0.25) is 5.02 Å². The number of nitrogens with one attached hydrogen (secondary N) is 2. The normalized spacial score (nSPS) is 11.6. The number of carbonyl (C=O) groups is 1. The number of carbonyl (C=O) groups excluding carboxylic acids is 1. The Hall–Kier alpha value is -3.45. The van der Waals surface area contributed by atoms with Crippen LogP contribution in [0.3, 0.4) is 0 Å². The van der Waals surface area contributed by atoms with Crippen molar-refractivity contribution in [2.45, 2.75) is 11.1 Å². The lowest BCUT2D eigenvalue weighted by atomic mass is 10.2. The van der Waals surface area contributed by atoms with Gasteiger partial charge in [-0.25, -0.2) is 28.1 Å². The molecular formula is C18H13ClF3N5O4S. The molecule has 0 aliphatic heterocycles. The van der Waals surface area contributed by atoms with E-state index in [0.717, 1.165) is 12.3 Å². The maximum absolute atomic E-state index is 12.4. The van der Waals surface area contributed by atoms with Gasteiger partial charge in [0.05, 0.1) is 10.5 Å². The van der Waals surface area contributed by atoms with Crippen LogP contribution < -0.4 is 14.8 Å². The molecule has 0 saturated carbocycles. The minimum absolute atomic E-state index is 0.0473. The Kier molecular flexibility index (Phi) is 6.79. The van der Waals surface area contributed by atoms with Gasteiger partial charge in [0.2, 0.25) is 11.8 Å². The van der Waals surface area contributed by atoms with Crippen LogP contribution in [0.1, 0.15) is 10.4 Å². The van der Waals surface area contributed by atoms with Gasteiger partial charge in [-0.2, -0.15) is 13.2 Å². The third kappa shape index (κ3) is 6.28. The summed E-state index contributed by atoms with van der Waals surface area (Å²) in [7, 11) is -3.95. The fourth-order valence-electron chi connectivity index (χ4n) is 2.26. The zero-order valence-electron chi connectivity index (χ0n) is 15.8. The molecule has 0 atom stereocenters. The molecule has 0 spiro atoms. The predicted molar refractivity (Wildman–Crippen MR) is 108 cm³/mol. The SMILES string of the molecule is O=C(Nc1ccc(S(=O)(=O)Nc2ncccn2)cc1)c1cnc(OCC(F)(F)F)c(Cl)c1. The Morgan fingerprint density at radius 1 is 1.09 bits per heavy atom. The van der Waals surface area contributed by atoms with Crippen molar-refractivity contribution < 1.29 is 31.1 Å². The lowest BCUT2D eigenvalue weighted by Crippen LogP contribution is -2.20. The van der Waals surface area contributed by atoms with E-state index in [1.165, 1.54) is 42.7 Å². The van der Waals surface area contributed by atoms with Crippen LogP contribution in [0.25, 0.3) is 0 Å². The molecule has 14 heteroatoms. The number of pyridine rings is 1. The average molecular weight is 488 g/mol. The number of sulfonamides is 1. The van der Waals surface area contributed by atoms with Crippen molar-refractivity contribution in [1.82, 2.24) is 15.0 Å². The van der Waals surface area contributed by atoms with Crippen LogP contribution >= 0.6 is 11.6 Å². The summed E-state index contributed by atoms with van der Waals surface area (Å²) >= 11 is 5.82. The van der Waals surface area contributed by atoms with E-state index in [2.05, 4.69) is 29.7 Å². The van der Waals surface area contributed by atoms with Gasteiger partial charge in [0.1, 0.15) is 5.02 Å². The first-order valence-corrected chi connectivity index (χ1v) is 10.5. The molecule has 3 aromatic rings. The van der Waals surface area contributed by atoms with E-state index in [4.69, 9.17) is 11.6 Å². The lowest BCUT2D eigenvalue weighted by Gasteiger charge is -2.11. The molecule has 9 nitrogen and oxygen atoms in total. The van der Waals surface area contributed by atoms with Gasteiger partial charge >= 0.3 is 6.18 Å². The van der Waals surface area contributed by atoms with Crippen molar-refractivity contribution in [2.24, 2.45) is 0 Å². The molecule has 0 bridgehead atoms. The second-order valence-electron chi connectivity index (χ2n) is 6.07. The quantitative estimate of drug-likeness (QED) is 0.522. The molecule has 1 aromatic carbocycles. The maximum Gasteiger partial charge on any atom is 0.422 e. The Bertz CT molecular complexity index is 1210. The summed E-state index contributed by atoms with van der Waals surface area (Å²) in [5.41, 5.74) is 0.201. The summed E-state index contributed by atoms with van der Waals surface area (Å²) in [6, 6.07) is 7.81. The fraction of sp³-hybridized carbons (Fsp3) is 0.111. The molecule has 0 aliphatic rings. The number of anilines is 2. The first-order valence-electron chi connectivity index (χ1n) is 8.60. The highest BCUT2D eigenvalue weighted by atomic mass is 35.5. The van der Waals surface area contributed by atoms with Gasteiger partial charge in [-0.1, -0.05) is 11.6 Å². The molecule has 0 fully saturated rings. The molecule has 168 valence electrons. The van der Waals surface area contributed by atoms with Gasteiger partial charge in [0, 0.05) is 24.3 Å². The third-order valence-electron chi connectivity index (χ3n) is 3.66. The largest absolute Gasteiger partial charge is 0.467 e. The van der Waals surface area contributed by atoms with Crippen molar-refractivity contribution in [3.63, 3.8) is 0 Å². The van der Waals surface area contributed by atoms with Gasteiger partial charge in [-0.3, -0.25) is 4.79 Å². The molecule has 2 N–H and O–H groups in total. The van der Waals surface area contributed by atoms with E-state index in [-0.39, 0.29) is 27.1 Å². The minimum atomic E-state index is -4.57. The summed E-state index contributed by atoms with van der Waals surface area (Å²) in [4.78, 5) is 23.4. The first-order chi connectivity index (χ1) is 15.0. The maximum atomic E-state index is 12.4. The monoisotopic (exact) mass is 487 g/mol. The number of ether oxygens (including phenoxy) is 1. The zero-order chi connectivity index (χ0) is 23.4. The highest BCUT2D eigenvalue weighted by Crippen LogP contribution is 2.25. The van der Waals surface area contributed by atoms with E-state index in [9.17, 15) is 26.4 Å². The lowest BCUT2D eigenvalue weighted by molar-refractivity contribution is -0.154. The van der Waals surface area contributed by atoms with E-state index in [1.54, 1.807) is 0 Å². The second kappa shape index (κ2) is 9.36. The number of amides is 1. The van der Waals surface area contributed by atoms with Crippen LogP contribution in [0.5, 0.6) is 5.88 Å². The molecular weight excluding hydrogens is 475 g/mol. The number of rotatable bonds is 7. The molecule has 32 heavy (non-hydrogen) atoms. The highest BCUT2D eigenvalue weighted by molar-refractivity contribution is 7.92. The van der Waals surface area contributed by atoms with E-state index < -0.39 is 34.6 Å². The predicted octanol–water partition coefficient (Wildman–Crippen LogP) is 3.52. The van der Waals surface area contributed by atoms with Crippen molar-refractivity contribution in [2.75, 3.05) is 16.6 Å². The van der Waals surface area contributed by atoms with Crippen molar-refractivity contribution in [3.05, 3.63) is 65.6 Å². The summed E-state index contributed by atoms with van der Waals surface area (Å²) in [5.74, 6) is -1.24. The van der Waals surface area contributed by atoms with Crippen LogP contribution in [0.4, 0.5) is 24.8 Å². The Morgan fingerprint density at radius 3 is 2.34 bits per heavy atom. The molecule has 0 radical (unpaired) electrons. The zero-order valence-corrected chi connectivity index (χ0v) is 17.4. The smallest absolute Gasteiger partial charge is 0.422 e. The standard InChI is InChI=1S/C18H13ClF3N5O4S/c19-14-8-11(9-25-16(14)31-10-18(20,21)22)15(28)26-12-2-4-13(5-3-12)32(29,30)27-17-23-6-1-7-24-17/h1-9H,10H2,(H,26,28)(H,23,24,27). The summed E-state index contributed by atoms with van der Waals surface area (Å²) in [6.45, 7) is -1.58. The number of halogens is 4. The molecule has 0 saturated heterocycles. The van der Waals surface area contributed by atoms with Gasteiger partial charge in [-0.05, 0) is 36.4 Å². The van der Waals surface area contributed by atoms with Crippen molar-refractivity contribution >= 4 is 39.2 Å². The van der Waals surface area contributed by atoms with E-state index in [0.29, 0.717) is 0 Å². The minimum Gasteiger partial charge on any atom is -0.467 e. The van der Waals surface area contributed by atoms with Gasteiger partial charge in [0.15, 0.2) is 6.61 Å². The van der Waals surface area contributed by atoms with Crippen LogP contribution in [-0.4, -0.2) is 42.1 Å². The fourth-order valence-corrected chi connectivity index (χ4v) is 3.44. The Labute approximate surface area is 184 Å². The number of hydrogen-bond acceptors (Lipinski definition) is 7. The number of benzene rings is 1. The number of aromatic nitrogens is 3. The Balaban J connectivity index is 1.66. The van der Waals surface area contributed by atoms with Crippen molar-refractivity contribution in [1.29, 1.82) is 0 Å².